The summed E-state index contributed by atoms with van der Waals surface area (Å²) in [5.74, 6) is 1.02. The van der Waals surface area contributed by atoms with E-state index in [9.17, 15) is 24.0 Å². The summed E-state index contributed by atoms with van der Waals surface area (Å²) in [6, 6.07) is 18.6. The third-order valence-corrected chi connectivity index (χ3v) is 12.3. The summed E-state index contributed by atoms with van der Waals surface area (Å²) in [4.78, 5) is 79.9. The van der Waals surface area contributed by atoms with E-state index in [0.29, 0.717) is 96.1 Å². The Morgan fingerprint density at radius 1 is 0.915 bits per heavy atom. The number of carbonyl (C=O) groups is 5. The second-order valence-corrected chi connectivity index (χ2v) is 16.2. The van der Waals surface area contributed by atoms with Crippen LogP contribution in [0.2, 0.25) is 0 Å². The third kappa shape index (κ3) is 8.64. The van der Waals surface area contributed by atoms with Crippen LogP contribution in [0.5, 0.6) is 5.75 Å². The average molecular weight is 865 g/mol. The van der Waals surface area contributed by atoms with Crippen molar-refractivity contribution in [2.75, 3.05) is 68.5 Å². The van der Waals surface area contributed by atoms with Gasteiger partial charge in [0, 0.05) is 68.2 Å². The van der Waals surface area contributed by atoms with Crippen LogP contribution in [-0.2, 0) is 20.9 Å². The first-order valence-electron chi connectivity index (χ1n) is 19.9. The minimum absolute atomic E-state index is 0.0549. The van der Waals surface area contributed by atoms with Gasteiger partial charge in [0.05, 0.1) is 29.5 Å². The molecule has 0 spiro atoms. The highest BCUT2D eigenvalue weighted by atomic mass is 79.9. The molecule has 1 unspecified atom stereocenters. The number of aromatic nitrogens is 2. The number of likely N-dealkylation sites (tertiary alicyclic amines) is 1. The molecule has 4 aliphatic heterocycles. The highest BCUT2D eigenvalue weighted by Crippen LogP contribution is 2.35. The smallest absolute Gasteiger partial charge is 0.255 e. The number of rotatable bonds is 11. The van der Waals surface area contributed by atoms with Gasteiger partial charge in [-0.2, -0.15) is 4.98 Å². The minimum atomic E-state index is -0.623. The number of hydrogen-bond donors (Lipinski definition) is 3. The van der Waals surface area contributed by atoms with Gasteiger partial charge in [-0.05, 0) is 103 Å². The number of piperazine rings is 1. The molecule has 1 atom stereocenters. The van der Waals surface area contributed by atoms with Crippen molar-refractivity contribution in [1.82, 2.24) is 30.0 Å². The van der Waals surface area contributed by atoms with E-state index in [4.69, 9.17) is 4.74 Å². The fraction of sp³-hybridized carbons (Fsp3) is 0.372. The lowest BCUT2D eigenvalue weighted by Crippen LogP contribution is -2.52. The van der Waals surface area contributed by atoms with E-state index in [-0.39, 0.29) is 29.9 Å². The summed E-state index contributed by atoms with van der Waals surface area (Å²) < 4.78 is 6.40. The van der Waals surface area contributed by atoms with Crippen molar-refractivity contribution < 1.29 is 28.7 Å². The maximum atomic E-state index is 13.5. The second-order valence-electron chi connectivity index (χ2n) is 15.4. The molecule has 0 bridgehead atoms. The molecule has 3 fully saturated rings. The SMILES string of the molecule is COc1cc(N2CCN(C(=O)CN3CCC(c4ccc5c(c4)CN(C4CCC(=O)NC4=O)C5=O)CC3)CC2)ccc1Nc1ncc(Br)c(Nc2ccccc2C(C)=O)n1. The van der Waals surface area contributed by atoms with Crippen molar-refractivity contribution in [3.63, 3.8) is 0 Å². The van der Waals surface area contributed by atoms with Gasteiger partial charge in [0.15, 0.2) is 5.78 Å². The zero-order chi connectivity index (χ0) is 41.2. The zero-order valence-electron chi connectivity index (χ0n) is 33.0. The quantitative estimate of drug-likeness (QED) is 0.133. The number of anilines is 5. The van der Waals surface area contributed by atoms with Crippen LogP contribution in [0.1, 0.15) is 70.4 Å². The van der Waals surface area contributed by atoms with Gasteiger partial charge in [0.25, 0.3) is 5.91 Å². The highest BCUT2D eigenvalue weighted by molar-refractivity contribution is 9.10. The van der Waals surface area contributed by atoms with Gasteiger partial charge in [-0.1, -0.05) is 24.3 Å². The number of para-hydroxylation sites is 1. The number of imide groups is 1. The number of benzene rings is 3. The highest BCUT2D eigenvalue weighted by Gasteiger charge is 2.39. The van der Waals surface area contributed by atoms with Crippen LogP contribution < -0.4 is 25.6 Å². The molecule has 5 heterocycles. The number of nitrogens with one attached hydrogen (secondary N) is 3. The van der Waals surface area contributed by atoms with Crippen LogP contribution in [0.3, 0.4) is 0 Å². The summed E-state index contributed by atoms with van der Waals surface area (Å²) in [6.07, 6.45) is 4.05. The first kappa shape index (κ1) is 39.9. The lowest BCUT2D eigenvalue weighted by atomic mass is 9.88. The number of hydrogen-bond acceptors (Lipinski definition) is 12. The zero-order valence-corrected chi connectivity index (χ0v) is 34.6. The fourth-order valence-corrected chi connectivity index (χ4v) is 8.71. The molecule has 0 radical (unpaired) electrons. The molecule has 0 saturated carbocycles. The van der Waals surface area contributed by atoms with E-state index in [1.54, 1.807) is 24.3 Å². The number of carbonyl (C=O) groups excluding carboxylic acids is 5. The Kier molecular flexibility index (Phi) is 11.6. The van der Waals surface area contributed by atoms with Gasteiger partial charge in [-0.25, -0.2) is 4.98 Å². The summed E-state index contributed by atoms with van der Waals surface area (Å²) in [7, 11) is 1.62. The molecule has 0 aliphatic carbocycles. The van der Waals surface area contributed by atoms with Gasteiger partial charge in [-0.15, -0.1) is 0 Å². The topological polar surface area (TPSA) is 169 Å². The van der Waals surface area contributed by atoms with Crippen LogP contribution in [0, 0.1) is 0 Å². The number of ether oxygens (including phenoxy) is 1. The molecule has 4 amide bonds. The fourth-order valence-electron chi connectivity index (χ4n) is 8.42. The number of amides is 4. The van der Waals surface area contributed by atoms with Gasteiger partial charge in [0.2, 0.25) is 23.7 Å². The van der Waals surface area contributed by atoms with Crippen molar-refractivity contribution >= 4 is 74.2 Å². The molecule has 1 aromatic heterocycles. The van der Waals surface area contributed by atoms with Crippen molar-refractivity contribution in [2.45, 2.75) is 51.1 Å². The molecule has 59 heavy (non-hydrogen) atoms. The molecule has 15 nitrogen and oxygen atoms in total. The Morgan fingerprint density at radius 2 is 1.69 bits per heavy atom. The third-order valence-electron chi connectivity index (χ3n) is 11.7. The molecule has 306 valence electrons. The Hall–Kier alpha value is -5.87. The summed E-state index contributed by atoms with van der Waals surface area (Å²) in [5, 5.41) is 8.86. The Morgan fingerprint density at radius 3 is 2.44 bits per heavy atom. The average Bonchev–Trinajstić information content (AvgIpc) is 3.57. The van der Waals surface area contributed by atoms with Crippen LogP contribution >= 0.6 is 15.9 Å². The lowest BCUT2D eigenvalue weighted by molar-refractivity contribution is -0.137. The number of ketones is 1. The summed E-state index contributed by atoms with van der Waals surface area (Å²) >= 11 is 3.51. The number of Topliss-reactive ketones (excluding diaryl/α,β-unsaturated/α-hetero) is 1. The Bertz CT molecular complexity index is 2310. The van der Waals surface area contributed by atoms with Crippen LogP contribution in [0.25, 0.3) is 0 Å². The molecule has 4 aromatic rings. The standard InChI is InChI=1S/C43H46BrN9O6/c1-26(54)31-5-3-4-6-34(31)46-40-33(44)23-45-43(49-40)47-35-10-8-30(22-37(35)59-2)51-17-19-52(20-18-51)39(56)25-50-15-13-27(14-16-50)28-7-9-32-29(21-28)24-53(42(32)58)36-11-12-38(55)48-41(36)57/h3-10,21-23,27,36H,11-20,24-25H2,1-2H3,(H,48,55,57)(H2,45,46,47,49). The van der Waals surface area contributed by atoms with E-state index >= 15 is 0 Å². The van der Waals surface area contributed by atoms with Crippen molar-refractivity contribution in [2.24, 2.45) is 0 Å². The van der Waals surface area contributed by atoms with E-state index in [1.807, 2.05) is 53.4 Å². The first-order valence-corrected chi connectivity index (χ1v) is 20.7. The number of halogens is 1. The van der Waals surface area contributed by atoms with Gasteiger partial charge in [0.1, 0.15) is 17.6 Å². The van der Waals surface area contributed by atoms with Gasteiger partial charge in [-0.3, -0.25) is 34.2 Å². The molecule has 8 rings (SSSR count). The second kappa shape index (κ2) is 17.2. The maximum Gasteiger partial charge on any atom is 0.255 e. The molecule has 16 heteroatoms. The molecule has 3 aromatic carbocycles. The lowest BCUT2D eigenvalue weighted by Gasteiger charge is -2.38. The Labute approximate surface area is 350 Å². The van der Waals surface area contributed by atoms with Crippen LogP contribution in [-0.4, -0.2) is 113 Å². The predicted octanol–water partition coefficient (Wildman–Crippen LogP) is 5.23. The molecule has 3 saturated heterocycles. The normalized spacial score (nSPS) is 18.7. The van der Waals surface area contributed by atoms with Crippen molar-refractivity contribution in [3.05, 3.63) is 93.6 Å². The van der Waals surface area contributed by atoms with E-state index in [1.165, 1.54) is 12.5 Å². The summed E-state index contributed by atoms with van der Waals surface area (Å²) in [6.45, 7) is 6.53. The minimum Gasteiger partial charge on any atom is -0.494 e. The van der Waals surface area contributed by atoms with Crippen LogP contribution in [0.15, 0.2) is 71.3 Å². The number of fused-ring (bicyclic) bond motifs is 1. The van der Waals surface area contributed by atoms with E-state index in [2.05, 4.69) is 57.7 Å². The number of nitrogens with zero attached hydrogens (tertiary/aromatic N) is 6. The van der Waals surface area contributed by atoms with Crippen molar-refractivity contribution in [3.8, 4) is 5.75 Å². The molecular formula is C43H46BrN9O6. The van der Waals surface area contributed by atoms with E-state index < -0.39 is 11.9 Å². The Balaban J connectivity index is 0.815. The van der Waals surface area contributed by atoms with E-state index in [0.717, 1.165) is 37.2 Å². The number of piperidine rings is 2. The molecule has 3 N–H and O–H groups in total. The molecule has 4 aliphatic rings. The summed E-state index contributed by atoms with van der Waals surface area (Å²) in [5.41, 5.74) is 5.61. The first-order chi connectivity index (χ1) is 28.5. The maximum absolute atomic E-state index is 13.5. The number of methoxy groups -OCH3 is 1. The van der Waals surface area contributed by atoms with Gasteiger partial charge < -0.3 is 30.1 Å². The largest absolute Gasteiger partial charge is 0.494 e. The molecular weight excluding hydrogens is 818 g/mol. The van der Waals surface area contributed by atoms with Gasteiger partial charge >= 0.3 is 0 Å². The monoisotopic (exact) mass is 863 g/mol. The predicted molar refractivity (Wildman–Crippen MR) is 225 cm³/mol. The van der Waals surface area contributed by atoms with Crippen LogP contribution in [0.4, 0.5) is 28.8 Å². The van der Waals surface area contributed by atoms with Crippen molar-refractivity contribution in [1.29, 1.82) is 0 Å².